The summed E-state index contributed by atoms with van der Waals surface area (Å²) < 4.78 is 5.77. The van der Waals surface area contributed by atoms with Crippen LogP contribution >= 0.6 is 0 Å². The zero-order valence-corrected chi connectivity index (χ0v) is 18.7. The van der Waals surface area contributed by atoms with E-state index in [0.29, 0.717) is 5.56 Å². The smallest absolute Gasteiger partial charge is 0.269 e. The number of aryl methyl sites for hydroxylation is 2. The van der Waals surface area contributed by atoms with Gasteiger partial charge in [0, 0.05) is 30.9 Å². The second-order valence-corrected chi connectivity index (χ2v) is 8.32. The van der Waals surface area contributed by atoms with Gasteiger partial charge in [-0.05, 0) is 57.0 Å². The van der Waals surface area contributed by atoms with Gasteiger partial charge in [-0.1, -0.05) is 29.8 Å². The average Bonchev–Trinajstić information content (AvgIpc) is 2.71. The maximum absolute atomic E-state index is 12.3. The molecular formula is C24H32N4O3. The lowest BCUT2D eigenvalue weighted by atomic mass is 10.1. The van der Waals surface area contributed by atoms with E-state index in [1.165, 1.54) is 5.56 Å². The second kappa shape index (κ2) is 10.4. The van der Waals surface area contributed by atoms with E-state index in [4.69, 9.17) is 4.74 Å². The van der Waals surface area contributed by atoms with Crippen molar-refractivity contribution in [2.45, 2.75) is 46.4 Å². The minimum absolute atomic E-state index is 0.0690. The van der Waals surface area contributed by atoms with Gasteiger partial charge in [-0.25, -0.2) is 0 Å². The van der Waals surface area contributed by atoms with E-state index in [0.717, 1.165) is 36.4 Å². The lowest BCUT2D eigenvalue weighted by Gasteiger charge is -2.35. The van der Waals surface area contributed by atoms with E-state index < -0.39 is 0 Å². The Hall–Kier alpha value is -2.90. The second-order valence-electron chi connectivity index (χ2n) is 8.32. The van der Waals surface area contributed by atoms with E-state index in [-0.39, 0.29) is 30.6 Å². The SMILES string of the molecule is Cc1ccc(NCC(=O)NNC(=O)c2ccc(CN3CC(C)OC(C)C3)cc2)c(C)c1. The molecule has 1 aliphatic heterocycles. The Morgan fingerprint density at radius 1 is 1.00 bits per heavy atom. The molecule has 2 amide bonds. The molecule has 2 atom stereocenters. The minimum atomic E-state index is -0.347. The number of nitrogens with one attached hydrogen (secondary N) is 3. The first kappa shape index (κ1) is 22.8. The van der Waals surface area contributed by atoms with Crippen LogP contribution in [0.1, 0.15) is 40.9 Å². The summed E-state index contributed by atoms with van der Waals surface area (Å²) in [6.45, 7) is 10.9. The van der Waals surface area contributed by atoms with Gasteiger partial charge >= 0.3 is 0 Å². The highest BCUT2D eigenvalue weighted by atomic mass is 16.5. The molecular weight excluding hydrogens is 392 g/mol. The number of ether oxygens (including phenoxy) is 1. The van der Waals surface area contributed by atoms with Crippen LogP contribution in [-0.4, -0.2) is 48.6 Å². The van der Waals surface area contributed by atoms with Crippen LogP contribution in [0.4, 0.5) is 5.69 Å². The minimum Gasteiger partial charge on any atom is -0.376 e. The predicted octanol–water partition coefficient (Wildman–Crippen LogP) is 2.79. The normalized spacial score (nSPS) is 19.0. The Bertz CT molecular complexity index is 904. The molecule has 7 nitrogen and oxygen atoms in total. The monoisotopic (exact) mass is 424 g/mol. The number of morpholine rings is 1. The van der Waals surface area contributed by atoms with Crippen LogP contribution in [0, 0.1) is 13.8 Å². The summed E-state index contributed by atoms with van der Waals surface area (Å²) in [5, 5.41) is 3.08. The van der Waals surface area contributed by atoms with Gasteiger partial charge in [0.15, 0.2) is 0 Å². The number of hydrogen-bond donors (Lipinski definition) is 3. The molecule has 0 radical (unpaired) electrons. The summed E-state index contributed by atoms with van der Waals surface area (Å²) in [6, 6.07) is 13.4. The fourth-order valence-electron chi connectivity index (χ4n) is 3.86. The number of carbonyl (C=O) groups is 2. The topological polar surface area (TPSA) is 82.7 Å². The molecule has 2 aromatic carbocycles. The highest BCUT2D eigenvalue weighted by Gasteiger charge is 2.22. The molecule has 7 heteroatoms. The first-order valence-corrected chi connectivity index (χ1v) is 10.7. The standard InChI is InChI=1S/C24H32N4O3/c1-16-5-10-22(17(2)11-16)25-12-23(29)26-27-24(30)21-8-6-20(7-9-21)15-28-13-18(3)31-19(4)14-28/h5-11,18-19,25H,12-15H2,1-4H3,(H,26,29)(H,27,30). The van der Waals surface area contributed by atoms with Gasteiger partial charge in [0.2, 0.25) is 0 Å². The van der Waals surface area contributed by atoms with Crippen molar-refractivity contribution in [2.75, 3.05) is 25.0 Å². The van der Waals surface area contributed by atoms with Crippen molar-refractivity contribution < 1.29 is 14.3 Å². The van der Waals surface area contributed by atoms with Gasteiger partial charge in [0.05, 0.1) is 18.8 Å². The van der Waals surface area contributed by atoms with E-state index in [1.807, 2.05) is 44.2 Å². The molecule has 3 N–H and O–H groups in total. The molecule has 2 aromatic rings. The highest BCUT2D eigenvalue weighted by Crippen LogP contribution is 2.16. The Morgan fingerprint density at radius 2 is 1.68 bits per heavy atom. The molecule has 166 valence electrons. The van der Waals surface area contributed by atoms with Crippen LogP contribution in [0.2, 0.25) is 0 Å². The van der Waals surface area contributed by atoms with Crippen LogP contribution < -0.4 is 16.2 Å². The van der Waals surface area contributed by atoms with Crippen LogP contribution in [0.5, 0.6) is 0 Å². The summed E-state index contributed by atoms with van der Waals surface area (Å²) in [5.41, 5.74) is 9.68. The Labute approximate surface area is 184 Å². The van der Waals surface area contributed by atoms with E-state index in [9.17, 15) is 9.59 Å². The number of rotatable bonds is 6. The summed E-state index contributed by atoms with van der Waals surface area (Å²) in [6.07, 6.45) is 0.448. The zero-order valence-electron chi connectivity index (χ0n) is 18.7. The lowest BCUT2D eigenvalue weighted by Crippen LogP contribution is -2.45. The number of hydrogen-bond acceptors (Lipinski definition) is 5. The molecule has 0 spiro atoms. The number of amides is 2. The number of hydrazine groups is 1. The molecule has 0 bridgehead atoms. The maximum Gasteiger partial charge on any atom is 0.269 e. The van der Waals surface area contributed by atoms with Gasteiger partial charge in [0.25, 0.3) is 11.8 Å². The van der Waals surface area contributed by atoms with Gasteiger partial charge < -0.3 is 10.1 Å². The third-order valence-corrected chi connectivity index (χ3v) is 5.25. The fraction of sp³-hybridized carbons (Fsp3) is 0.417. The first-order chi connectivity index (χ1) is 14.8. The van der Waals surface area contributed by atoms with Gasteiger partial charge in [-0.2, -0.15) is 0 Å². The largest absolute Gasteiger partial charge is 0.376 e. The Balaban J connectivity index is 1.44. The molecule has 1 heterocycles. The van der Waals surface area contributed by atoms with Gasteiger partial charge in [-0.15, -0.1) is 0 Å². The van der Waals surface area contributed by atoms with Crippen LogP contribution in [0.15, 0.2) is 42.5 Å². The summed E-state index contributed by atoms with van der Waals surface area (Å²) in [4.78, 5) is 26.7. The maximum atomic E-state index is 12.3. The molecule has 0 aliphatic carbocycles. The van der Waals surface area contributed by atoms with Crippen molar-refractivity contribution in [1.29, 1.82) is 0 Å². The van der Waals surface area contributed by atoms with Gasteiger partial charge in [-0.3, -0.25) is 25.3 Å². The van der Waals surface area contributed by atoms with Crippen LogP contribution in [0.25, 0.3) is 0 Å². The van der Waals surface area contributed by atoms with Crippen LogP contribution in [-0.2, 0) is 16.1 Å². The summed E-state index contributed by atoms with van der Waals surface area (Å²) in [7, 11) is 0. The molecule has 0 saturated carbocycles. The van der Waals surface area contributed by atoms with E-state index in [1.54, 1.807) is 12.1 Å². The molecule has 1 fully saturated rings. The average molecular weight is 425 g/mol. The molecule has 2 unspecified atom stereocenters. The Morgan fingerprint density at radius 3 is 2.32 bits per heavy atom. The summed E-state index contributed by atoms with van der Waals surface area (Å²) >= 11 is 0. The van der Waals surface area contributed by atoms with Crippen molar-refractivity contribution in [3.05, 3.63) is 64.7 Å². The summed E-state index contributed by atoms with van der Waals surface area (Å²) in [5.74, 6) is -0.666. The number of carbonyl (C=O) groups excluding carboxylic acids is 2. The zero-order chi connectivity index (χ0) is 22.4. The molecule has 1 saturated heterocycles. The van der Waals surface area contributed by atoms with Crippen LogP contribution in [0.3, 0.4) is 0 Å². The van der Waals surface area contributed by atoms with Crippen molar-refractivity contribution in [3.63, 3.8) is 0 Å². The molecule has 3 rings (SSSR count). The van der Waals surface area contributed by atoms with Crippen molar-refractivity contribution in [2.24, 2.45) is 0 Å². The number of nitrogens with zero attached hydrogens (tertiary/aromatic N) is 1. The van der Waals surface area contributed by atoms with Crippen molar-refractivity contribution >= 4 is 17.5 Å². The van der Waals surface area contributed by atoms with Crippen molar-refractivity contribution in [3.8, 4) is 0 Å². The third-order valence-electron chi connectivity index (χ3n) is 5.25. The predicted molar refractivity (Wildman–Crippen MR) is 122 cm³/mol. The van der Waals surface area contributed by atoms with E-state index in [2.05, 4.69) is 34.9 Å². The first-order valence-electron chi connectivity index (χ1n) is 10.7. The molecule has 31 heavy (non-hydrogen) atoms. The highest BCUT2D eigenvalue weighted by molar-refractivity contribution is 5.95. The number of benzene rings is 2. The van der Waals surface area contributed by atoms with Gasteiger partial charge in [0.1, 0.15) is 0 Å². The fourth-order valence-corrected chi connectivity index (χ4v) is 3.86. The molecule has 1 aliphatic rings. The third kappa shape index (κ3) is 6.80. The van der Waals surface area contributed by atoms with Crippen molar-refractivity contribution in [1.82, 2.24) is 15.8 Å². The van der Waals surface area contributed by atoms with E-state index >= 15 is 0 Å². The number of anilines is 1. The quantitative estimate of drug-likeness (QED) is 0.621. The lowest BCUT2D eigenvalue weighted by molar-refractivity contribution is -0.120. The molecule has 0 aromatic heterocycles. The Kier molecular flexibility index (Phi) is 7.65.